The maximum absolute atomic E-state index is 12.1. The number of ether oxygens (including phenoxy) is 1. The molecule has 0 aromatic heterocycles. The summed E-state index contributed by atoms with van der Waals surface area (Å²) in [7, 11) is 0. The molecular formula is C12H12Br2O2. The SMILES string of the molecule is CC1=CC[C@@H]2[C@H](C1)[C@@H]1O[C@H]2C(Br)=C(Br)C1=O. The molecule has 0 unspecified atom stereocenters. The van der Waals surface area contributed by atoms with Gasteiger partial charge in [-0.25, -0.2) is 0 Å². The third-order valence-electron chi connectivity index (χ3n) is 3.85. The summed E-state index contributed by atoms with van der Waals surface area (Å²) in [4.78, 5) is 12.1. The molecule has 2 bridgehead atoms. The van der Waals surface area contributed by atoms with Gasteiger partial charge >= 0.3 is 0 Å². The molecule has 0 N–H and O–H groups in total. The van der Waals surface area contributed by atoms with Gasteiger partial charge in [0.25, 0.3) is 0 Å². The van der Waals surface area contributed by atoms with E-state index < -0.39 is 0 Å². The van der Waals surface area contributed by atoms with Gasteiger partial charge < -0.3 is 4.74 Å². The average Bonchev–Trinajstić information content (AvgIpc) is 2.60. The molecule has 0 amide bonds. The lowest BCUT2D eigenvalue weighted by atomic mass is 9.77. The molecule has 86 valence electrons. The van der Waals surface area contributed by atoms with Crippen molar-refractivity contribution in [2.45, 2.75) is 32.0 Å². The predicted molar refractivity (Wildman–Crippen MR) is 68.5 cm³/mol. The molecule has 4 atom stereocenters. The van der Waals surface area contributed by atoms with Crippen molar-refractivity contribution < 1.29 is 9.53 Å². The van der Waals surface area contributed by atoms with Crippen LogP contribution in [-0.2, 0) is 9.53 Å². The highest BCUT2D eigenvalue weighted by atomic mass is 79.9. The Balaban J connectivity index is 2.02. The second kappa shape index (κ2) is 3.79. The van der Waals surface area contributed by atoms with Crippen molar-refractivity contribution >= 4 is 37.6 Å². The first kappa shape index (κ1) is 11.2. The van der Waals surface area contributed by atoms with Crippen LogP contribution in [-0.4, -0.2) is 18.0 Å². The molecule has 0 aromatic carbocycles. The first-order valence-electron chi connectivity index (χ1n) is 5.50. The summed E-state index contributed by atoms with van der Waals surface area (Å²) < 4.78 is 7.45. The summed E-state index contributed by atoms with van der Waals surface area (Å²) in [6, 6.07) is 0. The zero-order valence-electron chi connectivity index (χ0n) is 8.87. The van der Waals surface area contributed by atoms with Gasteiger partial charge in [-0.1, -0.05) is 27.6 Å². The number of fused-ring (bicyclic) bond motifs is 5. The van der Waals surface area contributed by atoms with Gasteiger partial charge in [0.15, 0.2) is 5.78 Å². The topological polar surface area (TPSA) is 26.3 Å². The van der Waals surface area contributed by atoms with Crippen LogP contribution in [0.25, 0.3) is 0 Å². The van der Waals surface area contributed by atoms with E-state index >= 15 is 0 Å². The molecule has 2 heterocycles. The van der Waals surface area contributed by atoms with Gasteiger partial charge in [0.1, 0.15) is 6.10 Å². The minimum Gasteiger partial charge on any atom is -0.361 e. The van der Waals surface area contributed by atoms with Crippen molar-refractivity contribution in [3.63, 3.8) is 0 Å². The monoisotopic (exact) mass is 346 g/mol. The minimum atomic E-state index is -0.227. The Labute approximate surface area is 111 Å². The third kappa shape index (κ3) is 1.42. The van der Waals surface area contributed by atoms with E-state index in [1.54, 1.807) is 0 Å². The Bertz CT molecular complexity index is 425. The minimum absolute atomic E-state index is 0.0754. The molecule has 2 aliphatic heterocycles. The summed E-state index contributed by atoms with van der Waals surface area (Å²) in [5.41, 5.74) is 1.39. The number of allylic oxidation sites excluding steroid dienone is 2. The second-order valence-corrected chi connectivity index (χ2v) is 6.47. The molecule has 1 saturated heterocycles. The molecule has 0 radical (unpaired) electrons. The van der Waals surface area contributed by atoms with Crippen molar-refractivity contribution in [2.75, 3.05) is 0 Å². The maximum atomic E-state index is 12.1. The van der Waals surface area contributed by atoms with Crippen molar-refractivity contribution in [3.05, 3.63) is 20.6 Å². The predicted octanol–water partition coefficient (Wildman–Crippen LogP) is 3.31. The molecule has 3 aliphatic rings. The van der Waals surface area contributed by atoms with Gasteiger partial charge in [-0.05, 0) is 41.6 Å². The van der Waals surface area contributed by atoms with E-state index in [1.807, 2.05) is 0 Å². The largest absolute Gasteiger partial charge is 0.361 e. The van der Waals surface area contributed by atoms with Crippen LogP contribution in [0.5, 0.6) is 0 Å². The van der Waals surface area contributed by atoms with Crippen LogP contribution in [0.4, 0.5) is 0 Å². The van der Waals surface area contributed by atoms with Crippen molar-refractivity contribution in [3.8, 4) is 0 Å². The third-order valence-corrected chi connectivity index (χ3v) is 6.05. The van der Waals surface area contributed by atoms with Gasteiger partial charge in [0.05, 0.1) is 10.6 Å². The van der Waals surface area contributed by atoms with E-state index in [2.05, 4.69) is 44.9 Å². The van der Waals surface area contributed by atoms with Gasteiger partial charge in [-0.3, -0.25) is 4.79 Å². The van der Waals surface area contributed by atoms with Gasteiger partial charge in [0.2, 0.25) is 0 Å². The standard InChI is InChI=1S/C12H12Br2O2/c1-5-2-3-6-7(4-5)12-10(15)8(13)9(14)11(6)16-12/h2,6-7,11-12H,3-4H2,1H3/t6-,7+,11-,12+/m1/s1. The highest BCUT2D eigenvalue weighted by Gasteiger charge is 2.53. The zero-order chi connectivity index (χ0) is 11.4. The normalized spacial score (nSPS) is 42.2. The van der Waals surface area contributed by atoms with Crippen LogP contribution in [0, 0.1) is 11.8 Å². The fourth-order valence-corrected chi connectivity index (χ4v) is 4.12. The summed E-state index contributed by atoms with van der Waals surface area (Å²) in [5.74, 6) is 0.928. The molecule has 2 nitrogen and oxygen atoms in total. The van der Waals surface area contributed by atoms with Crippen molar-refractivity contribution in [1.82, 2.24) is 0 Å². The molecule has 3 rings (SSSR count). The number of rotatable bonds is 0. The zero-order valence-corrected chi connectivity index (χ0v) is 12.0. The van der Waals surface area contributed by atoms with E-state index in [1.165, 1.54) is 5.57 Å². The molecular weight excluding hydrogens is 336 g/mol. The molecule has 0 saturated carbocycles. The van der Waals surface area contributed by atoms with Crippen LogP contribution in [0.2, 0.25) is 0 Å². The lowest BCUT2D eigenvalue weighted by Crippen LogP contribution is -2.31. The Hall–Kier alpha value is 0.0700. The Kier molecular flexibility index (Phi) is 2.64. The first-order chi connectivity index (χ1) is 7.59. The quantitative estimate of drug-likeness (QED) is 0.628. The van der Waals surface area contributed by atoms with E-state index in [0.29, 0.717) is 16.3 Å². The number of hydrogen-bond acceptors (Lipinski definition) is 2. The average molecular weight is 348 g/mol. The highest BCUT2D eigenvalue weighted by Crippen LogP contribution is 2.50. The number of hydrogen-bond donors (Lipinski definition) is 0. The van der Waals surface area contributed by atoms with Crippen LogP contribution in [0.1, 0.15) is 19.8 Å². The van der Waals surface area contributed by atoms with E-state index in [4.69, 9.17) is 4.74 Å². The molecule has 1 fully saturated rings. The number of ketones is 1. The summed E-state index contributed by atoms with van der Waals surface area (Å²) >= 11 is 6.87. The van der Waals surface area contributed by atoms with Crippen LogP contribution >= 0.6 is 31.9 Å². The lowest BCUT2D eigenvalue weighted by molar-refractivity contribution is -0.127. The lowest BCUT2D eigenvalue weighted by Gasteiger charge is -2.25. The fourth-order valence-electron chi connectivity index (χ4n) is 3.03. The van der Waals surface area contributed by atoms with Crippen LogP contribution < -0.4 is 0 Å². The van der Waals surface area contributed by atoms with E-state index in [9.17, 15) is 4.79 Å². The van der Waals surface area contributed by atoms with Gasteiger partial charge in [-0.2, -0.15) is 0 Å². The van der Waals surface area contributed by atoms with Crippen LogP contribution in [0.3, 0.4) is 0 Å². The van der Waals surface area contributed by atoms with Gasteiger partial charge in [0, 0.05) is 10.4 Å². The summed E-state index contributed by atoms with van der Waals surface area (Å²) in [5, 5.41) is 0. The number of halogens is 2. The Morgan fingerprint density at radius 3 is 2.81 bits per heavy atom. The number of carbonyl (C=O) groups excluding carboxylic acids is 1. The molecule has 0 spiro atoms. The summed E-state index contributed by atoms with van der Waals surface area (Å²) in [6.07, 6.45) is 4.16. The number of carbonyl (C=O) groups is 1. The maximum Gasteiger partial charge on any atom is 0.199 e. The Morgan fingerprint density at radius 1 is 1.31 bits per heavy atom. The first-order valence-corrected chi connectivity index (χ1v) is 7.08. The highest BCUT2D eigenvalue weighted by molar-refractivity contribution is 9.14. The summed E-state index contributed by atoms with van der Waals surface area (Å²) in [6.45, 7) is 2.14. The molecule has 16 heavy (non-hydrogen) atoms. The smallest absolute Gasteiger partial charge is 0.199 e. The van der Waals surface area contributed by atoms with Crippen molar-refractivity contribution in [1.29, 1.82) is 0 Å². The Morgan fingerprint density at radius 2 is 2.06 bits per heavy atom. The fraction of sp³-hybridized carbons (Fsp3) is 0.583. The van der Waals surface area contributed by atoms with Crippen molar-refractivity contribution in [2.24, 2.45) is 11.8 Å². The molecule has 4 heteroatoms. The second-order valence-electron chi connectivity index (χ2n) is 4.82. The number of Topliss-reactive ketones (excluding diaryl/α,β-unsaturated/α-hetero) is 1. The van der Waals surface area contributed by atoms with E-state index in [0.717, 1.165) is 17.3 Å². The van der Waals surface area contributed by atoms with E-state index in [-0.39, 0.29) is 18.0 Å². The van der Waals surface area contributed by atoms with Gasteiger partial charge in [-0.15, -0.1) is 0 Å². The van der Waals surface area contributed by atoms with Crippen LogP contribution in [0.15, 0.2) is 20.6 Å². The molecule has 1 aliphatic carbocycles. The molecule has 0 aromatic rings.